The summed E-state index contributed by atoms with van der Waals surface area (Å²) in [5.74, 6) is 0.855. The maximum Gasteiger partial charge on any atom is 0.261 e. The van der Waals surface area contributed by atoms with E-state index in [4.69, 9.17) is 0 Å². The van der Waals surface area contributed by atoms with Crippen LogP contribution in [0.25, 0.3) is 0 Å². The highest BCUT2D eigenvalue weighted by molar-refractivity contribution is 7.12. The molecule has 1 aliphatic heterocycles. The molecule has 1 amide bonds. The first-order valence-electron chi connectivity index (χ1n) is 8.39. The second kappa shape index (κ2) is 8.27. The average Bonchev–Trinajstić information content (AvgIpc) is 3.12. The van der Waals surface area contributed by atoms with Crippen molar-refractivity contribution in [2.45, 2.75) is 19.3 Å². The summed E-state index contributed by atoms with van der Waals surface area (Å²) in [7, 11) is 0. The van der Waals surface area contributed by atoms with Crippen molar-refractivity contribution in [3.8, 4) is 0 Å². The van der Waals surface area contributed by atoms with Crippen molar-refractivity contribution in [2.24, 2.45) is 5.92 Å². The van der Waals surface area contributed by atoms with Gasteiger partial charge in [-0.15, -0.1) is 11.3 Å². The molecule has 1 aromatic heterocycles. The molecule has 1 aliphatic rings. The Morgan fingerprint density at radius 3 is 2.61 bits per heavy atom. The van der Waals surface area contributed by atoms with Gasteiger partial charge in [-0.25, -0.2) is 0 Å². The van der Waals surface area contributed by atoms with E-state index in [9.17, 15) is 4.79 Å². The van der Waals surface area contributed by atoms with Crippen LogP contribution in [0.5, 0.6) is 0 Å². The largest absolute Gasteiger partial charge is 0.350 e. The Balaban J connectivity index is 1.34. The van der Waals surface area contributed by atoms with Crippen LogP contribution in [0.1, 0.15) is 28.1 Å². The van der Waals surface area contributed by atoms with Gasteiger partial charge in [0.2, 0.25) is 0 Å². The molecule has 3 nitrogen and oxygen atoms in total. The lowest BCUT2D eigenvalue weighted by Gasteiger charge is -2.32. The Kier molecular flexibility index (Phi) is 5.83. The van der Waals surface area contributed by atoms with E-state index >= 15 is 0 Å². The molecule has 0 radical (unpaired) electrons. The van der Waals surface area contributed by atoms with Gasteiger partial charge in [0.1, 0.15) is 0 Å². The molecule has 1 saturated heterocycles. The van der Waals surface area contributed by atoms with E-state index in [0.717, 1.165) is 37.0 Å². The van der Waals surface area contributed by atoms with Crippen LogP contribution in [-0.4, -0.2) is 37.0 Å². The molecule has 2 heterocycles. The molecule has 0 unspecified atom stereocenters. The van der Waals surface area contributed by atoms with Gasteiger partial charge in [-0.2, -0.15) is 0 Å². The molecule has 2 aromatic rings. The van der Waals surface area contributed by atoms with Crippen molar-refractivity contribution in [1.82, 2.24) is 10.2 Å². The Labute approximate surface area is 142 Å². The van der Waals surface area contributed by atoms with E-state index in [-0.39, 0.29) is 5.91 Å². The van der Waals surface area contributed by atoms with Crippen molar-refractivity contribution in [3.63, 3.8) is 0 Å². The number of amides is 1. The second-order valence-electron chi connectivity index (χ2n) is 6.21. The summed E-state index contributed by atoms with van der Waals surface area (Å²) in [5, 5.41) is 4.95. The summed E-state index contributed by atoms with van der Waals surface area (Å²) in [5.41, 5.74) is 1.45. The fourth-order valence-corrected chi connectivity index (χ4v) is 3.82. The van der Waals surface area contributed by atoms with Gasteiger partial charge in [-0.1, -0.05) is 36.4 Å². The number of carbonyl (C=O) groups excluding carboxylic acids is 1. The fraction of sp³-hybridized carbons (Fsp3) is 0.421. The van der Waals surface area contributed by atoms with E-state index < -0.39 is 0 Å². The van der Waals surface area contributed by atoms with Crippen LogP contribution in [0.2, 0.25) is 0 Å². The zero-order valence-electron chi connectivity index (χ0n) is 13.4. The minimum atomic E-state index is 0.0546. The summed E-state index contributed by atoms with van der Waals surface area (Å²) in [6.45, 7) is 3.98. The minimum absolute atomic E-state index is 0.0546. The van der Waals surface area contributed by atoms with Gasteiger partial charge in [-0.3, -0.25) is 4.79 Å². The van der Waals surface area contributed by atoms with Gasteiger partial charge in [0.15, 0.2) is 0 Å². The molecule has 4 heteroatoms. The fourth-order valence-electron chi connectivity index (χ4n) is 3.18. The molecule has 0 aliphatic carbocycles. The van der Waals surface area contributed by atoms with Crippen molar-refractivity contribution in [3.05, 3.63) is 58.3 Å². The number of hydrogen-bond acceptors (Lipinski definition) is 3. The predicted molar refractivity (Wildman–Crippen MR) is 96.0 cm³/mol. The van der Waals surface area contributed by atoms with E-state index in [1.54, 1.807) is 0 Å². The maximum atomic E-state index is 11.9. The van der Waals surface area contributed by atoms with Crippen molar-refractivity contribution in [1.29, 1.82) is 0 Å². The van der Waals surface area contributed by atoms with E-state index in [1.165, 1.54) is 36.2 Å². The number of likely N-dealkylation sites (tertiary alicyclic amines) is 1. The number of nitrogens with one attached hydrogen (secondary N) is 1. The van der Waals surface area contributed by atoms with Crippen LogP contribution >= 0.6 is 11.3 Å². The Morgan fingerprint density at radius 1 is 1.13 bits per heavy atom. The monoisotopic (exact) mass is 328 g/mol. The van der Waals surface area contributed by atoms with Crippen LogP contribution in [0.15, 0.2) is 47.8 Å². The third-order valence-corrected chi connectivity index (χ3v) is 5.40. The third kappa shape index (κ3) is 4.91. The molecule has 1 aromatic carbocycles. The highest BCUT2D eigenvalue weighted by atomic mass is 32.1. The van der Waals surface area contributed by atoms with Crippen molar-refractivity contribution < 1.29 is 4.79 Å². The van der Waals surface area contributed by atoms with Crippen LogP contribution < -0.4 is 5.32 Å². The Bertz CT molecular complexity index is 589. The van der Waals surface area contributed by atoms with E-state index in [1.807, 2.05) is 17.5 Å². The lowest BCUT2D eigenvalue weighted by atomic mass is 9.90. The first kappa shape index (κ1) is 16.2. The lowest BCUT2D eigenvalue weighted by Crippen LogP contribution is -2.39. The first-order valence-corrected chi connectivity index (χ1v) is 9.27. The quantitative estimate of drug-likeness (QED) is 0.881. The Hall–Kier alpha value is -1.65. The average molecular weight is 328 g/mol. The van der Waals surface area contributed by atoms with Gasteiger partial charge < -0.3 is 10.2 Å². The van der Waals surface area contributed by atoms with Gasteiger partial charge in [-0.05, 0) is 55.3 Å². The van der Waals surface area contributed by atoms with Gasteiger partial charge in [0.25, 0.3) is 5.91 Å². The molecule has 3 rings (SSSR count). The lowest BCUT2D eigenvalue weighted by molar-refractivity contribution is 0.0948. The molecule has 122 valence electrons. The first-order chi connectivity index (χ1) is 11.3. The number of benzene rings is 1. The zero-order valence-corrected chi connectivity index (χ0v) is 14.2. The topological polar surface area (TPSA) is 32.3 Å². The summed E-state index contributed by atoms with van der Waals surface area (Å²) in [6, 6.07) is 14.6. The van der Waals surface area contributed by atoms with Crippen LogP contribution in [-0.2, 0) is 6.42 Å². The normalized spacial score (nSPS) is 16.3. The van der Waals surface area contributed by atoms with E-state index in [0.29, 0.717) is 0 Å². The Morgan fingerprint density at radius 2 is 1.91 bits per heavy atom. The van der Waals surface area contributed by atoms with Crippen molar-refractivity contribution >= 4 is 17.2 Å². The highest BCUT2D eigenvalue weighted by Crippen LogP contribution is 2.21. The predicted octanol–water partition coefficient (Wildman–Crippen LogP) is 3.43. The molecule has 1 N–H and O–H groups in total. The zero-order chi connectivity index (χ0) is 15.9. The van der Waals surface area contributed by atoms with E-state index in [2.05, 4.69) is 40.5 Å². The minimum Gasteiger partial charge on any atom is -0.350 e. The number of rotatable bonds is 6. The molecule has 0 saturated carbocycles. The summed E-state index contributed by atoms with van der Waals surface area (Å²) < 4.78 is 0. The molecule has 23 heavy (non-hydrogen) atoms. The second-order valence-corrected chi connectivity index (χ2v) is 7.16. The van der Waals surface area contributed by atoms with Crippen LogP contribution in [0.4, 0.5) is 0 Å². The molecule has 0 spiro atoms. The van der Waals surface area contributed by atoms with Gasteiger partial charge >= 0.3 is 0 Å². The molecule has 0 bridgehead atoms. The third-order valence-electron chi connectivity index (χ3n) is 4.53. The van der Waals surface area contributed by atoms with Gasteiger partial charge in [0.05, 0.1) is 4.88 Å². The summed E-state index contributed by atoms with van der Waals surface area (Å²) in [6.07, 6.45) is 3.71. The number of piperidine rings is 1. The summed E-state index contributed by atoms with van der Waals surface area (Å²) >= 11 is 1.49. The number of nitrogens with zero attached hydrogens (tertiary/aromatic N) is 1. The highest BCUT2D eigenvalue weighted by Gasteiger charge is 2.19. The molecular weight excluding hydrogens is 304 g/mol. The SMILES string of the molecule is O=C(NCCN1CCC(Cc2ccccc2)CC1)c1cccs1. The molecular formula is C19H24N2OS. The van der Waals surface area contributed by atoms with Crippen LogP contribution in [0, 0.1) is 5.92 Å². The number of carbonyl (C=O) groups is 1. The molecule has 1 fully saturated rings. The standard InChI is InChI=1S/C19H24N2OS/c22-19(18-7-4-14-23-18)20-10-13-21-11-8-17(9-12-21)15-16-5-2-1-3-6-16/h1-7,14,17H,8-13,15H2,(H,20,22). The summed E-state index contributed by atoms with van der Waals surface area (Å²) in [4.78, 5) is 15.1. The number of hydrogen-bond donors (Lipinski definition) is 1. The maximum absolute atomic E-state index is 11.9. The van der Waals surface area contributed by atoms with Crippen molar-refractivity contribution in [2.75, 3.05) is 26.2 Å². The molecule has 0 atom stereocenters. The van der Waals surface area contributed by atoms with Crippen LogP contribution in [0.3, 0.4) is 0 Å². The number of thiophene rings is 1. The smallest absolute Gasteiger partial charge is 0.261 e. The van der Waals surface area contributed by atoms with Gasteiger partial charge in [0, 0.05) is 13.1 Å².